The molecule has 4 heterocycles. The van der Waals surface area contributed by atoms with Crippen LogP contribution in [0.5, 0.6) is 0 Å². The summed E-state index contributed by atoms with van der Waals surface area (Å²) in [7, 11) is 0. The van der Waals surface area contributed by atoms with Crippen LogP contribution in [0.15, 0.2) is 35.4 Å². The van der Waals surface area contributed by atoms with Crippen LogP contribution >= 0.6 is 0 Å². The van der Waals surface area contributed by atoms with Crippen LogP contribution in [0, 0.1) is 11.8 Å². The van der Waals surface area contributed by atoms with Gasteiger partial charge in [0.2, 0.25) is 5.91 Å². The maximum absolute atomic E-state index is 13.1. The number of hydrogen-bond acceptors (Lipinski definition) is 3. The molecule has 1 saturated heterocycles. The second-order valence-corrected chi connectivity index (χ2v) is 9.33. The predicted octanol–water partition coefficient (Wildman–Crippen LogP) is 3.62. The van der Waals surface area contributed by atoms with Crippen molar-refractivity contribution in [2.75, 3.05) is 13.1 Å². The van der Waals surface area contributed by atoms with Crippen LogP contribution in [0.2, 0.25) is 0 Å². The van der Waals surface area contributed by atoms with E-state index >= 15 is 0 Å². The smallest absolute Gasteiger partial charge is 0.250 e. The third-order valence-corrected chi connectivity index (χ3v) is 6.88. The summed E-state index contributed by atoms with van der Waals surface area (Å²) in [5.74, 6) is 2.47. The Bertz CT molecular complexity index is 945. The summed E-state index contributed by atoms with van der Waals surface area (Å²) in [6.45, 7) is 8.73. The zero-order chi connectivity index (χ0) is 21.3. The van der Waals surface area contributed by atoms with E-state index in [0.29, 0.717) is 24.8 Å². The molecule has 0 N–H and O–H groups in total. The molecule has 1 amide bonds. The summed E-state index contributed by atoms with van der Waals surface area (Å²) in [6.07, 6.45) is 8.32. The average molecular weight is 411 g/mol. The molecule has 2 bridgehead atoms. The lowest BCUT2D eigenvalue weighted by molar-refractivity contribution is -0.134. The highest BCUT2D eigenvalue weighted by Gasteiger charge is 2.41. The zero-order valence-electron chi connectivity index (χ0n) is 18.5. The number of fused-ring (bicyclic) bond motifs is 4. The molecule has 1 fully saturated rings. The van der Waals surface area contributed by atoms with Gasteiger partial charge in [0.25, 0.3) is 5.56 Å². The molecule has 4 rings (SSSR count). The number of pyridine rings is 1. The summed E-state index contributed by atoms with van der Waals surface area (Å²) in [5, 5.41) is 0. The van der Waals surface area contributed by atoms with E-state index in [0.717, 1.165) is 50.3 Å². The first-order valence-corrected chi connectivity index (χ1v) is 11.5. The van der Waals surface area contributed by atoms with Crippen molar-refractivity contribution < 1.29 is 4.79 Å². The lowest BCUT2D eigenvalue weighted by Gasteiger charge is -2.47. The molecule has 0 aromatic carbocycles. The van der Waals surface area contributed by atoms with Gasteiger partial charge in [0.05, 0.1) is 0 Å². The number of nitrogens with zero attached hydrogens (tertiary/aromatic N) is 4. The van der Waals surface area contributed by atoms with Crippen LogP contribution in [0.25, 0.3) is 0 Å². The van der Waals surface area contributed by atoms with E-state index in [-0.39, 0.29) is 23.4 Å². The van der Waals surface area contributed by atoms with Crippen molar-refractivity contribution >= 4 is 5.91 Å². The van der Waals surface area contributed by atoms with E-state index in [2.05, 4.69) is 45.9 Å². The van der Waals surface area contributed by atoms with E-state index in [1.54, 1.807) is 6.07 Å². The second-order valence-electron chi connectivity index (χ2n) is 9.33. The Kier molecular flexibility index (Phi) is 6.11. The van der Waals surface area contributed by atoms with Gasteiger partial charge in [-0.2, -0.15) is 0 Å². The number of hydrogen-bond donors (Lipinski definition) is 0. The largest absolute Gasteiger partial charge is 0.342 e. The number of amides is 1. The van der Waals surface area contributed by atoms with Gasteiger partial charge in [0.15, 0.2) is 0 Å². The Morgan fingerprint density at radius 3 is 2.87 bits per heavy atom. The Morgan fingerprint density at radius 2 is 2.10 bits per heavy atom. The fourth-order valence-corrected chi connectivity index (χ4v) is 5.35. The van der Waals surface area contributed by atoms with Crippen molar-refractivity contribution in [3.63, 3.8) is 0 Å². The molecule has 0 radical (unpaired) electrons. The summed E-state index contributed by atoms with van der Waals surface area (Å²) in [5.41, 5.74) is 1.23. The van der Waals surface area contributed by atoms with E-state index in [4.69, 9.17) is 0 Å². The normalized spacial score (nSPS) is 22.9. The van der Waals surface area contributed by atoms with E-state index < -0.39 is 0 Å². The summed E-state index contributed by atoms with van der Waals surface area (Å²) < 4.78 is 4.14. The van der Waals surface area contributed by atoms with Crippen molar-refractivity contribution in [2.45, 2.75) is 71.4 Å². The summed E-state index contributed by atoms with van der Waals surface area (Å²) >= 11 is 0. The van der Waals surface area contributed by atoms with Gasteiger partial charge < -0.3 is 14.0 Å². The van der Waals surface area contributed by atoms with Gasteiger partial charge in [0, 0.05) is 68.6 Å². The van der Waals surface area contributed by atoms with Gasteiger partial charge >= 0.3 is 0 Å². The van der Waals surface area contributed by atoms with Gasteiger partial charge in [-0.15, -0.1) is 0 Å². The molecule has 0 unspecified atom stereocenters. The molecule has 162 valence electrons. The lowest BCUT2D eigenvalue weighted by atomic mass is 9.76. The standard InChI is InChI=1S/C24H34N4O2/c1-4-22-25-11-13-26(22)12-10-23(29)27-15-18-14-19(16-27)21(9-8-17(2)3)28-20(18)6-5-7-24(28)30/h5-7,11,13,17-19,21H,4,8-10,12,14-16H2,1-3H3/t18-,19+,21+/m1/s1. The second kappa shape index (κ2) is 8.78. The van der Waals surface area contributed by atoms with Crippen molar-refractivity contribution in [3.05, 3.63) is 52.5 Å². The van der Waals surface area contributed by atoms with Crippen LogP contribution in [0.3, 0.4) is 0 Å². The van der Waals surface area contributed by atoms with E-state index in [1.165, 1.54) is 0 Å². The van der Waals surface area contributed by atoms with Gasteiger partial charge in [-0.3, -0.25) is 9.59 Å². The molecular weight excluding hydrogens is 376 g/mol. The number of aromatic nitrogens is 3. The molecule has 6 nitrogen and oxygen atoms in total. The minimum absolute atomic E-state index is 0.114. The first-order valence-electron chi connectivity index (χ1n) is 11.5. The molecule has 6 heteroatoms. The minimum Gasteiger partial charge on any atom is -0.342 e. The summed E-state index contributed by atoms with van der Waals surface area (Å²) in [4.78, 5) is 32.2. The highest BCUT2D eigenvalue weighted by Crippen LogP contribution is 2.43. The third-order valence-electron chi connectivity index (χ3n) is 6.88. The van der Waals surface area contributed by atoms with Gasteiger partial charge in [-0.25, -0.2) is 4.98 Å². The van der Waals surface area contributed by atoms with Crippen LogP contribution in [-0.2, 0) is 17.8 Å². The molecule has 2 aromatic rings. The number of imidazole rings is 1. The maximum atomic E-state index is 13.1. The fourth-order valence-electron chi connectivity index (χ4n) is 5.35. The van der Waals surface area contributed by atoms with Gasteiger partial charge in [-0.05, 0) is 37.2 Å². The van der Waals surface area contributed by atoms with E-state index in [9.17, 15) is 9.59 Å². The molecule has 2 aliphatic heterocycles. The highest BCUT2D eigenvalue weighted by molar-refractivity contribution is 5.76. The van der Waals surface area contributed by atoms with Crippen molar-refractivity contribution in [1.82, 2.24) is 19.0 Å². The summed E-state index contributed by atoms with van der Waals surface area (Å²) in [6, 6.07) is 5.85. The molecule has 2 aliphatic rings. The van der Waals surface area contributed by atoms with Crippen molar-refractivity contribution in [1.29, 1.82) is 0 Å². The Labute approximate surface area is 178 Å². The van der Waals surface area contributed by atoms with Crippen molar-refractivity contribution in [3.8, 4) is 0 Å². The Morgan fingerprint density at radius 1 is 1.27 bits per heavy atom. The Hall–Kier alpha value is -2.37. The monoisotopic (exact) mass is 410 g/mol. The van der Waals surface area contributed by atoms with Crippen LogP contribution in [0.4, 0.5) is 0 Å². The fraction of sp³-hybridized carbons (Fsp3) is 0.625. The predicted molar refractivity (Wildman–Crippen MR) is 117 cm³/mol. The van der Waals surface area contributed by atoms with Crippen LogP contribution in [0.1, 0.15) is 69.9 Å². The molecular formula is C24H34N4O2. The van der Waals surface area contributed by atoms with E-state index in [1.807, 2.05) is 18.5 Å². The van der Waals surface area contributed by atoms with Crippen LogP contribution in [-0.4, -0.2) is 38.0 Å². The molecule has 2 aromatic heterocycles. The molecule has 0 saturated carbocycles. The number of carbonyl (C=O) groups excluding carboxylic acids is 1. The first-order chi connectivity index (χ1) is 14.5. The topological polar surface area (TPSA) is 60.1 Å². The highest BCUT2D eigenvalue weighted by atomic mass is 16.2. The molecule has 0 spiro atoms. The zero-order valence-corrected chi connectivity index (χ0v) is 18.5. The molecule has 3 atom stereocenters. The molecule has 0 aliphatic carbocycles. The molecule has 30 heavy (non-hydrogen) atoms. The number of likely N-dealkylation sites (tertiary alicyclic amines) is 1. The van der Waals surface area contributed by atoms with Gasteiger partial charge in [0.1, 0.15) is 5.82 Å². The number of rotatable bonds is 7. The third kappa shape index (κ3) is 4.09. The number of carbonyl (C=O) groups is 1. The SMILES string of the molecule is CCc1nccn1CCC(=O)N1C[C@H]2C[C@@H](C1)[C@H](CCC(C)C)n1c2cccc1=O. The maximum Gasteiger partial charge on any atom is 0.250 e. The number of aryl methyl sites for hydroxylation is 2. The lowest BCUT2D eigenvalue weighted by Crippen LogP contribution is -2.51. The Balaban J connectivity index is 1.52. The first kappa shape index (κ1) is 20.9. The van der Waals surface area contributed by atoms with Crippen molar-refractivity contribution in [2.24, 2.45) is 11.8 Å². The quantitative estimate of drug-likeness (QED) is 0.700. The van der Waals surface area contributed by atoms with Crippen LogP contribution < -0.4 is 5.56 Å². The number of piperidine rings is 1. The average Bonchev–Trinajstić information content (AvgIpc) is 3.19. The minimum atomic E-state index is 0.114. The van der Waals surface area contributed by atoms with Gasteiger partial charge in [-0.1, -0.05) is 26.8 Å².